The number of para-hydroxylation sites is 1. The number of unbranched alkanes of at least 4 members (excludes halogenated alkanes) is 4. The minimum Gasteiger partial charge on any atom is -0.490 e. The van der Waals surface area contributed by atoms with Gasteiger partial charge in [-0.3, -0.25) is 0 Å². The number of carbonyl (C=O) groups is 1. The molecule has 1 aromatic carbocycles. The van der Waals surface area contributed by atoms with Crippen LogP contribution in [0.5, 0.6) is 5.75 Å². The Labute approximate surface area is 140 Å². The van der Waals surface area contributed by atoms with Gasteiger partial charge in [0.2, 0.25) is 0 Å². The van der Waals surface area contributed by atoms with Crippen LogP contribution in [0.1, 0.15) is 52.4 Å². The number of hydrogen-bond donors (Lipinski definition) is 0. The maximum absolute atomic E-state index is 12.1. The molecule has 130 valence electrons. The van der Waals surface area contributed by atoms with Crippen molar-refractivity contribution in [1.29, 1.82) is 0 Å². The molecule has 0 saturated carbocycles. The third kappa shape index (κ3) is 9.24. The predicted octanol–water partition coefficient (Wildman–Crippen LogP) is 4.37. The summed E-state index contributed by atoms with van der Waals surface area (Å²) in [6.07, 6.45) is 6.12. The molecule has 1 atom stereocenters. The molecule has 0 radical (unpaired) electrons. The lowest BCUT2D eigenvalue weighted by Gasteiger charge is -2.16. The molecule has 0 N–H and O–H groups in total. The van der Waals surface area contributed by atoms with E-state index < -0.39 is 6.10 Å². The van der Waals surface area contributed by atoms with Gasteiger partial charge in [0.05, 0.1) is 0 Å². The number of benzene rings is 1. The number of ether oxygens (including phenoxy) is 3. The predicted molar refractivity (Wildman–Crippen MR) is 91.7 cm³/mol. The number of hydrogen-bond acceptors (Lipinski definition) is 4. The Hall–Kier alpha value is -1.55. The van der Waals surface area contributed by atoms with Gasteiger partial charge in [-0.2, -0.15) is 0 Å². The number of carbonyl (C=O) groups excluding carboxylic acids is 1. The highest BCUT2D eigenvalue weighted by molar-refractivity contribution is 5.74. The van der Waals surface area contributed by atoms with Crippen LogP contribution < -0.4 is 4.74 Å². The SMILES string of the molecule is CCCCCCCC(OCC)C(=O)OCCOc1ccccc1. The topological polar surface area (TPSA) is 44.8 Å². The third-order valence-electron chi connectivity index (χ3n) is 3.54. The summed E-state index contributed by atoms with van der Waals surface area (Å²) in [6.45, 7) is 5.21. The first-order valence-electron chi connectivity index (χ1n) is 8.74. The smallest absolute Gasteiger partial charge is 0.335 e. The molecule has 0 saturated heterocycles. The number of rotatable bonds is 13. The fourth-order valence-corrected chi connectivity index (χ4v) is 2.32. The summed E-state index contributed by atoms with van der Waals surface area (Å²) >= 11 is 0. The lowest BCUT2D eigenvalue weighted by molar-refractivity contribution is -0.158. The second kappa shape index (κ2) is 12.9. The molecule has 4 nitrogen and oxygen atoms in total. The Morgan fingerprint density at radius 2 is 1.74 bits per heavy atom. The van der Waals surface area contributed by atoms with Crippen LogP contribution in [0.3, 0.4) is 0 Å². The van der Waals surface area contributed by atoms with E-state index in [1.807, 2.05) is 37.3 Å². The third-order valence-corrected chi connectivity index (χ3v) is 3.54. The lowest BCUT2D eigenvalue weighted by atomic mass is 10.1. The second-order valence-electron chi connectivity index (χ2n) is 5.48. The highest BCUT2D eigenvalue weighted by atomic mass is 16.6. The van der Waals surface area contributed by atoms with Crippen LogP contribution in [0.15, 0.2) is 30.3 Å². The average Bonchev–Trinajstić information content (AvgIpc) is 2.58. The van der Waals surface area contributed by atoms with Gasteiger partial charge in [0.1, 0.15) is 19.0 Å². The zero-order valence-corrected chi connectivity index (χ0v) is 14.5. The van der Waals surface area contributed by atoms with E-state index in [0.29, 0.717) is 13.2 Å². The van der Waals surface area contributed by atoms with Crippen LogP contribution in [0.2, 0.25) is 0 Å². The van der Waals surface area contributed by atoms with Crippen molar-refractivity contribution >= 4 is 5.97 Å². The highest BCUT2D eigenvalue weighted by Gasteiger charge is 2.19. The monoisotopic (exact) mass is 322 g/mol. The summed E-state index contributed by atoms with van der Waals surface area (Å²) in [5.74, 6) is 0.500. The van der Waals surface area contributed by atoms with Gasteiger partial charge in [-0.05, 0) is 25.5 Å². The van der Waals surface area contributed by atoms with E-state index in [0.717, 1.165) is 25.0 Å². The van der Waals surface area contributed by atoms with Crippen LogP contribution in [-0.2, 0) is 14.3 Å². The van der Waals surface area contributed by atoms with Crippen molar-refractivity contribution in [2.24, 2.45) is 0 Å². The summed E-state index contributed by atoms with van der Waals surface area (Å²) in [5.41, 5.74) is 0. The minimum atomic E-state index is -0.446. The Bertz CT molecular complexity index is 405. The van der Waals surface area contributed by atoms with E-state index in [1.165, 1.54) is 19.3 Å². The molecule has 4 heteroatoms. The van der Waals surface area contributed by atoms with Crippen molar-refractivity contribution < 1.29 is 19.0 Å². The van der Waals surface area contributed by atoms with Crippen molar-refractivity contribution in [3.63, 3.8) is 0 Å². The molecule has 0 aliphatic heterocycles. The minimum absolute atomic E-state index is 0.243. The van der Waals surface area contributed by atoms with Crippen molar-refractivity contribution in [3.05, 3.63) is 30.3 Å². The Morgan fingerprint density at radius 1 is 1.00 bits per heavy atom. The second-order valence-corrected chi connectivity index (χ2v) is 5.48. The average molecular weight is 322 g/mol. The van der Waals surface area contributed by atoms with Gasteiger partial charge in [0, 0.05) is 6.61 Å². The lowest BCUT2D eigenvalue weighted by Crippen LogP contribution is -2.28. The zero-order valence-electron chi connectivity index (χ0n) is 14.5. The molecule has 1 unspecified atom stereocenters. The Kier molecular flexibility index (Phi) is 11.0. The molecule has 0 aliphatic rings. The molecule has 0 aliphatic carbocycles. The van der Waals surface area contributed by atoms with E-state index in [9.17, 15) is 4.79 Å². The van der Waals surface area contributed by atoms with Crippen molar-refractivity contribution in [2.75, 3.05) is 19.8 Å². The van der Waals surface area contributed by atoms with Gasteiger partial charge in [-0.25, -0.2) is 4.79 Å². The molecule has 0 spiro atoms. The normalized spacial score (nSPS) is 11.9. The Balaban J connectivity index is 2.19. The van der Waals surface area contributed by atoms with Gasteiger partial charge in [0.15, 0.2) is 6.10 Å². The fraction of sp³-hybridized carbons (Fsp3) is 0.632. The van der Waals surface area contributed by atoms with E-state index in [-0.39, 0.29) is 12.6 Å². The summed E-state index contributed by atoms with van der Waals surface area (Å²) < 4.78 is 16.3. The van der Waals surface area contributed by atoms with Crippen LogP contribution in [0, 0.1) is 0 Å². The van der Waals surface area contributed by atoms with E-state index in [1.54, 1.807) is 0 Å². The molecule has 0 heterocycles. The molecule has 0 fully saturated rings. The van der Waals surface area contributed by atoms with E-state index >= 15 is 0 Å². The van der Waals surface area contributed by atoms with Gasteiger partial charge in [-0.1, -0.05) is 57.2 Å². The summed E-state index contributed by atoms with van der Waals surface area (Å²) in [6, 6.07) is 9.50. The summed E-state index contributed by atoms with van der Waals surface area (Å²) in [7, 11) is 0. The zero-order chi connectivity index (χ0) is 16.8. The largest absolute Gasteiger partial charge is 0.490 e. The van der Waals surface area contributed by atoms with Crippen LogP contribution in [0.25, 0.3) is 0 Å². The summed E-state index contributed by atoms with van der Waals surface area (Å²) in [5, 5.41) is 0. The molecule has 1 aromatic rings. The van der Waals surface area contributed by atoms with Crippen molar-refractivity contribution in [2.45, 2.75) is 58.5 Å². The van der Waals surface area contributed by atoms with E-state index in [2.05, 4.69) is 6.92 Å². The first-order valence-corrected chi connectivity index (χ1v) is 8.74. The van der Waals surface area contributed by atoms with Gasteiger partial charge < -0.3 is 14.2 Å². The first-order chi connectivity index (χ1) is 11.3. The molecule has 1 rings (SSSR count). The maximum atomic E-state index is 12.1. The molecular formula is C19H30O4. The quantitative estimate of drug-likeness (QED) is 0.399. The highest BCUT2D eigenvalue weighted by Crippen LogP contribution is 2.11. The van der Waals surface area contributed by atoms with Gasteiger partial charge in [0.25, 0.3) is 0 Å². The van der Waals surface area contributed by atoms with Gasteiger partial charge >= 0.3 is 5.97 Å². The van der Waals surface area contributed by atoms with Crippen LogP contribution in [0.4, 0.5) is 0 Å². The molecule has 0 amide bonds. The molecular weight excluding hydrogens is 292 g/mol. The summed E-state index contributed by atoms with van der Waals surface area (Å²) in [4.78, 5) is 12.1. The van der Waals surface area contributed by atoms with Gasteiger partial charge in [-0.15, -0.1) is 0 Å². The molecule has 23 heavy (non-hydrogen) atoms. The maximum Gasteiger partial charge on any atom is 0.335 e. The van der Waals surface area contributed by atoms with Crippen molar-refractivity contribution in [3.8, 4) is 5.75 Å². The van der Waals surface area contributed by atoms with Crippen LogP contribution >= 0.6 is 0 Å². The fourth-order valence-electron chi connectivity index (χ4n) is 2.32. The number of esters is 1. The molecule has 0 aromatic heterocycles. The molecule has 0 bridgehead atoms. The van der Waals surface area contributed by atoms with Crippen molar-refractivity contribution in [1.82, 2.24) is 0 Å². The first kappa shape index (κ1) is 19.5. The van der Waals surface area contributed by atoms with Crippen LogP contribution in [-0.4, -0.2) is 31.9 Å². The standard InChI is InChI=1S/C19H30O4/c1-3-5-6-7-11-14-18(21-4-2)19(20)23-16-15-22-17-12-9-8-10-13-17/h8-10,12-13,18H,3-7,11,14-16H2,1-2H3. The Morgan fingerprint density at radius 3 is 2.43 bits per heavy atom. The van der Waals surface area contributed by atoms with E-state index in [4.69, 9.17) is 14.2 Å².